The number of nitrogens with two attached hydrogens (primary N) is 1. The highest BCUT2D eigenvalue weighted by molar-refractivity contribution is 5.90. The van der Waals surface area contributed by atoms with E-state index in [0.717, 1.165) is 29.7 Å². The average molecular weight is 476 g/mol. The lowest BCUT2D eigenvalue weighted by Crippen LogP contribution is -2.56. The van der Waals surface area contributed by atoms with E-state index in [4.69, 9.17) is 5.73 Å². The van der Waals surface area contributed by atoms with Crippen LogP contribution >= 0.6 is 0 Å². The van der Waals surface area contributed by atoms with Gasteiger partial charge in [-0.1, -0.05) is 72.8 Å². The van der Waals surface area contributed by atoms with Crippen LogP contribution in [0.25, 0.3) is 0 Å². The molecule has 0 spiro atoms. The van der Waals surface area contributed by atoms with Crippen molar-refractivity contribution >= 4 is 11.8 Å². The van der Waals surface area contributed by atoms with Gasteiger partial charge in [0.25, 0.3) is 5.91 Å². The van der Waals surface area contributed by atoms with Crippen molar-refractivity contribution in [2.75, 3.05) is 13.1 Å². The molecule has 0 bridgehead atoms. The fraction of sp³-hybridized carbons (Fsp3) is 0.357. The molecular formula is C28H37N5O2. The molecule has 0 saturated carbocycles. The van der Waals surface area contributed by atoms with Crippen LogP contribution in [0, 0.1) is 0 Å². The number of amides is 2. The van der Waals surface area contributed by atoms with Crippen molar-refractivity contribution in [3.05, 3.63) is 95.8 Å². The summed E-state index contributed by atoms with van der Waals surface area (Å²) in [6.07, 6.45) is 3.80. The van der Waals surface area contributed by atoms with E-state index in [9.17, 15) is 9.59 Å². The molecule has 0 radical (unpaired) electrons. The molecule has 2 aromatic carbocycles. The van der Waals surface area contributed by atoms with Gasteiger partial charge >= 0.3 is 0 Å². The number of allylic oxidation sites excluding steroid dienone is 2. The lowest BCUT2D eigenvalue weighted by Gasteiger charge is -2.30. The van der Waals surface area contributed by atoms with Gasteiger partial charge in [0, 0.05) is 24.7 Å². The number of nitrogens with zero attached hydrogens (tertiary/aromatic N) is 1. The van der Waals surface area contributed by atoms with Crippen LogP contribution in [0.3, 0.4) is 0 Å². The summed E-state index contributed by atoms with van der Waals surface area (Å²) in [6.45, 7) is 8.86. The minimum atomic E-state index is -0.842. The van der Waals surface area contributed by atoms with Crippen LogP contribution in [0.4, 0.5) is 0 Å². The Morgan fingerprint density at radius 3 is 2.26 bits per heavy atom. The molecule has 2 atom stereocenters. The molecule has 0 aromatic heterocycles. The third-order valence-corrected chi connectivity index (χ3v) is 6.30. The zero-order valence-corrected chi connectivity index (χ0v) is 20.7. The van der Waals surface area contributed by atoms with Gasteiger partial charge in [-0.15, -0.1) is 0 Å². The number of carbonyl (C=O) groups is 2. The van der Waals surface area contributed by atoms with E-state index < -0.39 is 12.1 Å². The van der Waals surface area contributed by atoms with Crippen molar-refractivity contribution in [2.24, 2.45) is 5.73 Å². The molecule has 1 fully saturated rings. The van der Waals surface area contributed by atoms with Crippen LogP contribution in [-0.4, -0.2) is 42.0 Å². The molecule has 1 unspecified atom stereocenters. The Balaban J connectivity index is 1.66. The molecule has 1 aliphatic heterocycles. The largest absolute Gasteiger partial charge is 0.366 e. The molecule has 1 heterocycles. The number of hydrazine groups is 1. The van der Waals surface area contributed by atoms with Crippen LogP contribution in [-0.2, 0) is 9.59 Å². The highest BCUT2D eigenvalue weighted by Crippen LogP contribution is 2.28. The van der Waals surface area contributed by atoms with Crippen LogP contribution in [0.5, 0.6) is 0 Å². The third kappa shape index (κ3) is 6.81. The first-order valence-electron chi connectivity index (χ1n) is 12.2. The highest BCUT2D eigenvalue weighted by Gasteiger charge is 2.39. The number of hydrogen-bond donors (Lipinski definition) is 4. The maximum atomic E-state index is 13.5. The van der Waals surface area contributed by atoms with E-state index in [1.54, 1.807) is 6.20 Å². The summed E-state index contributed by atoms with van der Waals surface area (Å²) >= 11 is 0. The van der Waals surface area contributed by atoms with Crippen molar-refractivity contribution in [3.8, 4) is 0 Å². The maximum Gasteiger partial charge on any atom is 0.255 e. The predicted octanol–water partition coefficient (Wildman–Crippen LogP) is 3.17. The second kappa shape index (κ2) is 12.9. The molecule has 186 valence electrons. The Hall–Kier alpha value is -3.42. The van der Waals surface area contributed by atoms with Crippen molar-refractivity contribution in [1.29, 1.82) is 0 Å². The molecule has 35 heavy (non-hydrogen) atoms. The second-order valence-corrected chi connectivity index (χ2v) is 8.97. The summed E-state index contributed by atoms with van der Waals surface area (Å²) in [6, 6.07) is 18.1. The molecule has 1 saturated heterocycles. The maximum absolute atomic E-state index is 13.5. The molecule has 5 N–H and O–H groups in total. The number of carbonyl (C=O) groups excluding carboxylic acids is 2. The van der Waals surface area contributed by atoms with Gasteiger partial charge in [-0.2, -0.15) is 0 Å². The summed E-state index contributed by atoms with van der Waals surface area (Å²) in [4.78, 5) is 26.5. The molecule has 1 aliphatic rings. The molecule has 7 heteroatoms. The molecule has 2 aromatic rings. The number of hydrogen-bond acceptors (Lipinski definition) is 5. The zero-order chi connectivity index (χ0) is 25.2. The molecule has 2 amide bonds. The Morgan fingerprint density at radius 2 is 1.71 bits per heavy atom. The number of nitrogens with one attached hydrogen (secondary N) is 3. The minimum Gasteiger partial charge on any atom is -0.366 e. The van der Waals surface area contributed by atoms with Crippen LogP contribution in [0.2, 0.25) is 0 Å². The summed E-state index contributed by atoms with van der Waals surface area (Å²) in [5.41, 5.74) is 13.9. The van der Waals surface area contributed by atoms with Gasteiger partial charge in [0.2, 0.25) is 5.91 Å². The fourth-order valence-electron chi connectivity index (χ4n) is 4.46. The third-order valence-electron chi connectivity index (χ3n) is 6.30. The predicted molar refractivity (Wildman–Crippen MR) is 140 cm³/mol. The van der Waals surface area contributed by atoms with E-state index in [1.165, 1.54) is 10.6 Å². The van der Waals surface area contributed by atoms with E-state index >= 15 is 0 Å². The first-order valence-corrected chi connectivity index (χ1v) is 12.2. The van der Waals surface area contributed by atoms with E-state index in [1.807, 2.05) is 74.5 Å². The molecule has 7 nitrogen and oxygen atoms in total. The van der Waals surface area contributed by atoms with Gasteiger partial charge in [0.05, 0.1) is 6.04 Å². The van der Waals surface area contributed by atoms with Gasteiger partial charge in [-0.25, -0.2) is 5.43 Å². The van der Waals surface area contributed by atoms with Gasteiger partial charge in [0.1, 0.15) is 6.04 Å². The first kappa shape index (κ1) is 26.2. The van der Waals surface area contributed by atoms with E-state index in [0.29, 0.717) is 19.5 Å². The molecule has 3 rings (SSSR count). The van der Waals surface area contributed by atoms with Crippen LogP contribution in [0.1, 0.15) is 50.2 Å². The Labute approximate surface area is 208 Å². The number of rotatable bonds is 11. The summed E-state index contributed by atoms with van der Waals surface area (Å²) in [7, 11) is 0. The molecule has 0 aliphatic carbocycles. The van der Waals surface area contributed by atoms with Gasteiger partial charge in [-0.05, 0) is 50.4 Å². The lowest BCUT2D eigenvalue weighted by molar-refractivity contribution is -0.142. The standard InChI is InChI=1S/C28H37N5O2/c1-4-30-23(20(2)3)16-11-18-31-27(34)24-17-19-32-33(24)28(35)26(29)25(21-12-7-5-8-13-21)22-14-9-6-10-15-22/h4-10,12-15,24-26,30,32H,1,11,16-19,29H2,2-3H3,(H,31,34)/t24?,26-/m1/s1. The first-order chi connectivity index (χ1) is 16.9. The average Bonchev–Trinajstić information content (AvgIpc) is 3.37. The van der Waals surface area contributed by atoms with E-state index in [-0.39, 0.29) is 17.7 Å². The number of benzene rings is 2. The van der Waals surface area contributed by atoms with Gasteiger partial charge < -0.3 is 16.4 Å². The van der Waals surface area contributed by atoms with Gasteiger partial charge in [-0.3, -0.25) is 14.6 Å². The fourth-order valence-corrected chi connectivity index (χ4v) is 4.46. The highest BCUT2D eigenvalue weighted by atomic mass is 16.2. The Kier molecular flexibility index (Phi) is 9.64. The van der Waals surface area contributed by atoms with Crippen molar-refractivity contribution < 1.29 is 9.59 Å². The van der Waals surface area contributed by atoms with Gasteiger partial charge in [0.15, 0.2) is 0 Å². The minimum absolute atomic E-state index is 0.165. The SMILES string of the molecule is C=CNC(CCCNC(=O)C1CCNN1C(=O)[C@H](N)C(c1ccccc1)c1ccccc1)=C(C)C. The monoisotopic (exact) mass is 475 g/mol. The quantitative estimate of drug-likeness (QED) is 0.374. The topological polar surface area (TPSA) is 99.5 Å². The lowest BCUT2D eigenvalue weighted by atomic mass is 9.85. The normalized spacial score (nSPS) is 16.0. The molecular weight excluding hydrogens is 438 g/mol. The second-order valence-electron chi connectivity index (χ2n) is 8.97. The van der Waals surface area contributed by atoms with Crippen molar-refractivity contribution in [3.63, 3.8) is 0 Å². The van der Waals surface area contributed by atoms with Crippen LogP contribution < -0.4 is 21.8 Å². The van der Waals surface area contributed by atoms with Crippen LogP contribution in [0.15, 0.2) is 84.7 Å². The van der Waals surface area contributed by atoms with Crippen molar-refractivity contribution in [1.82, 2.24) is 21.1 Å². The zero-order valence-electron chi connectivity index (χ0n) is 20.7. The van der Waals surface area contributed by atoms with E-state index in [2.05, 4.69) is 22.6 Å². The summed E-state index contributed by atoms with van der Waals surface area (Å²) < 4.78 is 0. The summed E-state index contributed by atoms with van der Waals surface area (Å²) in [5, 5.41) is 7.57. The van der Waals surface area contributed by atoms with Crippen molar-refractivity contribution in [2.45, 2.75) is 51.1 Å². The smallest absolute Gasteiger partial charge is 0.255 e. The Morgan fingerprint density at radius 1 is 1.11 bits per heavy atom. The summed E-state index contributed by atoms with van der Waals surface area (Å²) in [5.74, 6) is -0.778. The Bertz CT molecular complexity index is 979.